The van der Waals surface area contributed by atoms with Crippen molar-refractivity contribution in [3.05, 3.63) is 52.5 Å². The molecule has 0 N–H and O–H groups in total. The zero-order chi connectivity index (χ0) is 11.8. The third-order valence-corrected chi connectivity index (χ3v) is 2.59. The fourth-order valence-electron chi connectivity index (χ4n) is 1.81. The average Bonchev–Trinajstić information content (AvgIpc) is 2.39. The van der Waals surface area contributed by atoms with Crippen LogP contribution in [0.3, 0.4) is 0 Å². The van der Waals surface area contributed by atoms with Crippen molar-refractivity contribution < 1.29 is 4.42 Å². The molecule has 3 rings (SSSR count). The Morgan fingerprint density at radius 1 is 1.24 bits per heavy atom. The molecule has 0 radical (unpaired) electrons. The Hall–Kier alpha value is -2.67. The van der Waals surface area contributed by atoms with Gasteiger partial charge in [-0.25, -0.2) is 4.79 Å². The lowest BCUT2D eigenvalue weighted by Gasteiger charge is -2.01. The van der Waals surface area contributed by atoms with E-state index in [1.165, 1.54) is 0 Å². The first-order chi connectivity index (χ1) is 8.29. The SMILES string of the molecule is N#Cc1ccc2oc(=O)c3cccnc3c2c1. The Balaban J connectivity index is 2.61. The molecule has 4 nitrogen and oxygen atoms in total. The summed E-state index contributed by atoms with van der Waals surface area (Å²) < 4.78 is 5.17. The van der Waals surface area contributed by atoms with Crippen LogP contribution in [0.25, 0.3) is 21.9 Å². The zero-order valence-electron chi connectivity index (χ0n) is 8.68. The van der Waals surface area contributed by atoms with E-state index in [0.717, 1.165) is 0 Å². The fourth-order valence-corrected chi connectivity index (χ4v) is 1.81. The van der Waals surface area contributed by atoms with E-state index in [1.54, 1.807) is 36.5 Å². The smallest absolute Gasteiger partial charge is 0.345 e. The van der Waals surface area contributed by atoms with Gasteiger partial charge < -0.3 is 4.42 Å². The highest BCUT2D eigenvalue weighted by atomic mass is 16.4. The molecule has 0 aliphatic rings. The van der Waals surface area contributed by atoms with E-state index in [1.807, 2.05) is 0 Å². The minimum Gasteiger partial charge on any atom is -0.422 e. The summed E-state index contributed by atoms with van der Waals surface area (Å²) in [6.45, 7) is 0. The molecule has 0 aliphatic heterocycles. The average molecular weight is 222 g/mol. The molecule has 17 heavy (non-hydrogen) atoms. The highest BCUT2D eigenvalue weighted by molar-refractivity contribution is 6.01. The molecular weight excluding hydrogens is 216 g/mol. The Labute approximate surface area is 95.7 Å². The zero-order valence-corrected chi connectivity index (χ0v) is 8.68. The summed E-state index contributed by atoms with van der Waals surface area (Å²) in [6, 6.07) is 10.3. The van der Waals surface area contributed by atoms with E-state index >= 15 is 0 Å². The molecule has 0 unspecified atom stereocenters. The molecule has 2 aromatic heterocycles. The summed E-state index contributed by atoms with van der Waals surface area (Å²) >= 11 is 0. The van der Waals surface area contributed by atoms with Crippen LogP contribution in [0.5, 0.6) is 0 Å². The predicted octanol–water partition coefficient (Wildman–Crippen LogP) is 2.21. The lowest BCUT2D eigenvalue weighted by molar-refractivity contribution is 0.569. The van der Waals surface area contributed by atoms with Gasteiger partial charge in [-0.15, -0.1) is 0 Å². The van der Waals surface area contributed by atoms with Gasteiger partial charge in [0, 0.05) is 11.6 Å². The number of pyridine rings is 1. The number of hydrogen-bond donors (Lipinski definition) is 0. The molecule has 4 heteroatoms. The van der Waals surface area contributed by atoms with Crippen LogP contribution in [-0.2, 0) is 0 Å². The third kappa shape index (κ3) is 1.37. The fraction of sp³-hybridized carbons (Fsp3) is 0. The number of fused-ring (bicyclic) bond motifs is 3. The molecule has 0 fully saturated rings. The van der Waals surface area contributed by atoms with Crippen LogP contribution in [0.15, 0.2) is 45.7 Å². The summed E-state index contributed by atoms with van der Waals surface area (Å²) in [5.41, 5.74) is 1.11. The van der Waals surface area contributed by atoms with Gasteiger partial charge in [-0.1, -0.05) is 0 Å². The Bertz CT molecular complexity index is 828. The minimum atomic E-state index is -0.412. The summed E-state index contributed by atoms with van der Waals surface area (Å²) in [4.78, 5) is 15.9. The van der Waals surface area contributed by atoms with Crippen LogP contribution in [0.4, 0.5) is 0 Å². The third-order valence-electron chi connectivity index (χ3n) is 2.59. The quantitative estimate of drug-likeness (QED) is 0.432. The molecule has 0 saturated carbocycles. The molecule has 0 saturated heterocycles. The van der Waals surface area contributed by atoms with Crippen LogP contribution in [0.2, 0.25) is 0 Å². The number of rotatable bonds is 0. The largest absolute Gasteiger partial charge is 0.422 e. The van der Waals surface area contributed by atoms with Crippen molar-refractivity contribution in [1.82, 2.24) is 4.98 Å². The highest BCUT2D eigenvalue weighted by Crippen LogP contribution is 2.21. The molecular formula is C13H6N2O2. The monoisotopic (exact) mass is 222 g/mol. The van der Waals surface area contributed by atoms with Crippen LogP contribution in [-0.4, -0.2) is 4.98 Å². The van der Waals surface area contributed by atoms with Gasteiger partial charge in [0.25, 0.3) is 0 Å². The molecule has 0 amide bonds. The first-order valence-electron chi connectivity index (χ1n) is 5.01. The number of hydrogen-bond acceptors (Lipinski definition) is 4. The summed E-state index contributed by atoms with van der Waals surface area (Å²) in [7, 11) is 0. The molecule has 0 aliphatic carbocycles. The van der Waals surface area contributed by atoms with Crippen LogP contribution >= 0.6 is 0 Å². The van der Waals surface area contributed by atoms with Crippen LogP contribution in [0, 0.1) is 11.3 Å². The lowest BCUT2D eigenvalue weighted by Crippen LogP contribution is -2.00. The summed E-state index contributed by atoms with van der Waals surface area (Å²) in [5, 5.41) is 9.97. The minimum absolute atomic E-state index is 0.412. The Kier molecular flexibility index (Phi) is 1.92. The van der Waals surface area contributed by atoms with Crippen molar-refractivity contribution in [1.29, 1.82) is 5.26 Å². The Morgan fingerprint density at radius 2 is 2.12 bits per heavy atom. The Morgan fingerprint density at radius 3 is 2.94 bits per heavy atom. The predicted molar refractivity (Wildman–Crippen MR) is 62.5 cm³/mol. The second-order valence-corrected chi connectivity index (χ2v) is 3.61. The van der Waals surface area contributed by atoms with Gasteiger partial charge in [-0.3, -0.25) is 4.98 Å². The van der Waals surface area contributed by atoms with Crippen molar-refractivity contribution in [2.24, 2.45) is 0 Å². The summed E-state index contributed by atoms with van der Waals surface area (Å²) in [6.07, 6.45) is 1.61. The van der Waals surface area contributed by atoms with Gasteiger partial charge in [0.2, 0.25) is 0 Å². The molecule has 80 valence electrons. The maximum Gasteiger partial charge on any atom is 0.345 e. The maximum absolute atomic E-state index is 11.7. The van der Waals surface area contributed by atoms with Gasteiger partial charge in [0.05, 0.1) is 22.5 Å². The van der Waals surface area contributed by atoms with E-state index in [2.05, 4.69) is 11.1 Å². The van der Waals surface area contributed by atoms with Crippen LogP contribution in [0.1, 0.15) is 5.56 Å². The van der Waals surface area contributed by atoms with Crippen molar-refractivity contribution in [3.63, 3.8) is 0 Å². The van der Waals surface area contributed by atoms with E-state index < -0.39 is 5.63 Å². The van der Waals surface area contributed by atoms with Gasteiger partial charge in [-0.05, 0) is 30.3 Å². The molecule has 2 heterocycles. The van der Waals surface area contributed by atoms with E-state index in [-0.39, 0.29) is 0 Å². The first kappa shape index (κ1) is 9.55. The normalized spacial score (nSPS) is 10.5. The number of nitriles is 1. The maximum atomic E-state index is 11.7. The number of aromatic nitrogens is 1. The van der Waals surface area contributed by atoms with Crippen molar-refractivity contribution in [3.8, 4) is 6.07 Å². The van der Waals surface area contributed by atoms with Crippen molar-refractivity contribution >= 4 is 21.9 Å². The molecule has 3 aromatic rings. The van der Waals surface area contributed by atoms with E-state index in [4.69, 9.17) is 9.68 Å². The number of benzene rings is 1. The topological polar surface area (TPSA) is 66.9 Å². The van der Waals surface area contributed by atoms with E-state index in [0.29, 0.717) is 27.4 Å². The van der Waals surface area contributed by atoms with Crippen molar-refractivity contribution in [2.45, 2.75) is 0 Å². The number of nitrogens with zero attached hydrogens (tertiary/aromatic N) is 2. The van der Waals surface area contributed by atoms with Crippen molar-refractivity contribution in [2.75, 3.05) is 0 Å². The van der Waals surface area contributed by atoms with Gasteiger partial charge >= 0.3 is 5.63 Å². The molecule has 0 atom stereocenters. The summed E-state index contributed by atoms with van der Waals surface area (Å²) in [5.74, 6) is 0. The van der Waals surface area contributed by atoms with Gasteiger partial charge in [0.15, 0.2) is 0 Å². The molecule has 0 bridgehead atoms. The molecule has 0 spiro atoms. The first-order valence-corrected chi connectivity index (χ1v) is 5.01. The van der Waals surface area contributed by atoms with Gasteiger partial charge in [0.1, 0.15) is 5.58 Å². The van der Waals surface area contributed by atoms with Crippen LogP contribution < -0.4 is 5.63 Å². The lowest BCUT2D eigenvalue weighted by atomic mass is 10.1. The van der Waals surface area contributed by atoms with Gasteiger partial charge in [-0.2, -0.15) is 5.26 Å². The highest BCUT2D eigenvalue weighted by Gasteiger charge is 2.08. The second-order valence-electron chi connectivity index (χ2n) is 3.61. The molecule has 1 aromatic carbocycles. The standard InChI is InChI=1S/C13H6N2O2/c14-7-8-3-4-11-10(6-8)12-9(13(16)17-11)2-1-5-15-12/h1-6H. The van der Waals surface area contributed by atoms with E-state index in [9.17, 15) is 4.79 Å². The second kappa shape index (κ2) is 3.42.